The van der Waals surface area contributed by atoms with E-state index in [0.717, 1.165) is 83.5 Å². The molecule has 0 heterocycles. The summed E-state index contributed by atoms with van der Waals surface area (Å²) in [6.07, 6.45) is 57.2. The van der Waals surface area contributed by atoms with Gasteiger partial charge in [-0.2, -0.15) is 0 Å². The molecule has 280 valence electrons. The van der Waals surface area contributed by atoms with Crippen molar-refractivity contribution in [1.82, 2.24) is 0 Å². The minimum atomic E-state index is -0.818. The lowest BCUT2D eigenvalue weighted by Crippen LogP contribution is -2.28. The summed E-state index contributed by atoms with van der Waals surface area (Å²) in [6, 6.07) is 0. The smallest absolute Gasteiger partial charge is 0.306 e. The number of carbonyl (C=O) groups excluding carboxylic acids is 2. The molecule has 1 atom stereocenters. The molecule has 0 aromatic rings. The summed E-state index contributed by atoms with van der Waals surface area (Å²) in [5, 5.41) is 9.54. The highest BCUT2D eigenvalue weighted by Gasteiger charge is 2.15. The number of allylic oxidation sites excluding steroid dienone is 18. The maximum Gasteiger partial charge on any atom is 0.306 e. The van der Waals surface area contributed by atoms with E-state index < -0.39 is 6.10 Å². The van der Waals surface area contributed by atoms with E-state index in [1.807, 2.05) is 0 Å². The van der Waals surface area contributed by atoms with Crippen LogP contribution in [0.3, 0.4) is 0 Å². The first kappa shape index (κ1) is 46.6. The molecule has 1 N–H and O–H groups in total. The van der Waals surface area contributed by atoms with Crippen molar-refractivity contribution in [1.29, 1.82) is 0 Å². The highest BCUT2D eigenvalue weighted by atomic mass is 16.6. The van der Waals surface area contributed by atoms with Gasteiger partial charge in [-0.15, -0.1) is 0 Å². The molecule has 0 amide bonds. The molecule has 0 aromatic carbocycles. The van der Waals surface area contributed by atoms with Crippen LogP contribution in [0.1, 0.15) is 142 Å². The Morgan fingerprint density at radius 1 is 0.480 bits per heavy atom. The van der Waals surface area contributed by atoms with Gasteiger partial charge in [-0.25, -0.2) is 0 Å². The Morgan fingerprint density at radius 3 is 1.32 bits per heavy atom. The molecule has 0 saturated carbocycles. The van der Waals surface area contributed by atoms with Crippen LogP contribution >= 0.6 is 0 Å². The number of carbonyl (C=O) groups is 2. The molecule has 0 aliphatic heterocycles. The fraction of sp³-hybridized carbons (Fsp3) is 0.556. The van der Waals surface area contributed by atoms with Crippen molar-refractivity contribution >= 4 is 11.9 Å². The normalized spacial score (nSPS) is 13.4. The van der Waals surface area contributed by atoms with Gasteiger partial charge in [-0.3, -0.25) is 9.59 Å². The highest BCUT2D eigenvalue weighted by molar-refractivity contribution is 5.70. The van der Waals surface area contributed by atoms with Crippen molar-refractivity contribution in [2.24, 2.45) is 0 Å². The first-order valence-corrected chi connectivity index (χ1v) is 19.4. The molecule has 0 aliphatic carbocycles. The number of ether oxygens (including phenoxy) is 2. The van der Waals surface area contributed by atoms with Crippen LogP contribution in [0, 0.1) is 0 Å². The molecule has 0 aromatic heterocycles. The number of unbranched alkanes of at least 4 members (excludes halogenated alkanes) is 7. The van der Waals surface area contributed by atoms with Gasteiger partial charge in [-0.05, 0) is 96.3 Å². The minimum absolute atomic E-state index is 0.116. The van der Waals surface area contributed by atoms with Crippen molar-refractivity contribution in [3.63, 3.8) is 0 Å². The van der Waals surface area contributed by atoms with Crippen molar-refractivity contribution in [2.45, 2.75) is 148 Å². The summed E-state index contributed by atoms with van der Waals surface area (Å²) < 4.78 is 10.5. The van der Waals surface area contributed by atoms with Gasteiger partial charge >= 0.3 is 11.9 Å². The fourth-order valence-electron chi connectivity index (χ4n) is 4.63. The topological polar surface area (TPSA) is 72.8 Å². The van der Waals surface area contributed by atoms with Crippen LogP contribution in [-0.4, -0.2) is 36.4 Å². The Bertz CT molecular complexity index is 1050. The quantitative estimate of drug-likeness (QED) is 0.0421. The van der Waals surface area contributed by atoms with E-state index in [1.54, 1.807) is 0 Å². The van der Waals surface area contributed by atoms with Crippen LogP contribution in [0.15, 0.2) is 109 Å². The molecule has 5 heteroatoms. The average molecular weight is 691 g/mol. The van der Waals surface area contributed by atoms with Gasteiger partial charge in [0.05, 0.1) is 6.61 Å². The van der Waals surface area contributed by atoms with E-state index in [0.29, 0.717) is 19.3 Å². The highest BCUT2D eigenvalue weighted by Crippen LogP contribution is 2.08. The predicted octanol–water partition coefficient (Wildman–Crippen LogP) is 12.3. The van der Waals surface area contributed by atoms with E-state index >= 15 is 0 Å². The number of hydrogen-bond acceptors (Lipinski definition) is 5. The second-order valence-electron chi connectivity index (χ2n) is 12.3. The van der Waals surface area contributed by atoms with Gasteiger partial charge in [0, 0.05) is 12.8 Å². The first-order valence-electron chi connectivity index (χ1n) is 19.4. The lowest BCUT2D eigenvalue weighted by atomic mass is 10.1. The van der Waals surface area contributed by atoms with Crippen molar-refractivity contribution < 1.29 is 24.2 Å². The average Bonchev–Trinajstić information content (AvgIpc) is 3.12. The SMILES string of the molecule is CCC=CCC=CCC=CCC=CCC=CCCCCCC(=O)O[C@@H](CO)COC(=O)CCCC=CCC=CCC=CCC=CCCCCC. The van der Waals surface area contributed by atoms with Crippen LogP contribution < -0.4 is 0 Å². The van der Waals surface area contributed by atoms with Gasteiger partial charge in [0.1, 0.15) is 6.61 Å². The minimum Gasteiger partial charge on any atom is -0.462 e. The van der Waals surface area contributed by atoms with Crippen LogP contribution in [0.5, 0.6) is 0 Å². The summed E-state index contributed by atoms with van der Waals surface area (Å²) in [4.78, 5) is 24.2. The van der Waals surface area contributed by atoms with E-state index in [1.165, 1.54) is 25.7 Å². The van der Waals surface area contributed by atoms with Gasteiger partial charge in [0.15, 0.2) is 6.10 Å². The Labute approximate surface area is 306 Å². The van der Waals surface area contributed by atoms with E-state index in [4.69, 9.17) is 9.47 Å². The molecule has 50 heavy (non-hydrogen) atoms. The van der Waals surface area contributed by atoms with E-state index in [-0.39, 0.29) is 25.2 Å². The summed E-state index contributed by atoms with van der Waals surface area (Å²) in [6.45, 7) is 3.89. The third-order valence-electron chi connectivity index (χ3n) is 7.55. The van der Waals surface area contributed by atoms with Gasteiger partial charge < -0.3 is 14.6 Å². The van der Waals surface area contributed by atoms with Crippen LogP contribution in [0.4, 0.5) is 0 Å². The lowest BCUT2D eigenvalue weighted by Gasteiger charge is -2.15. The zero-order chi connectivity index (χ0) is 36.4. The zero-order valence-electron chi connectivity index (χ0n) is 31.6. The molecule has 0 bridgehead atoms. The standard InChI is InChI=1S/C45H70O5/c1-3-5-7-9-11-13-15-17-19-21-22-24-26-28-30-32-34-36-38-40-45(48)50-43(41-46)42-49-44(47)39-37-35-33-31-29-27-25-23-20-18-16-14-12-10-8-6-4-2/h5,7,11-14,17-20,22,24-25,27-28,30-31,33,43,46H,3-4,6,8-10,15-16,21,23,26,29,32,34-42H2,1-2H3/t43-/m0/s1. The van der Waals surface area contributed by atoms with Gasteiger partial charge in [0.2, 0.25) is 0 Å². The molecular weight excluding hydrogens is 620 g/mol. The number of rotatable bonds is 33. The number of esters is 2. The number of aliphatic hydroxyl groups is 1. The fourth-order valence-corrected chi connectivity index (χ4v) is 4.63. The van der Waals surface area contributed by atoms with E-state index in [2.05, 4.69) is 123 Å². The first-order chi connectivity index (χ1) is 24.6. The van der Waals surface area contributed by atoms with Crippen LogP contribution in [0.2, 0.25) is 0 Å². The van der Waals surface area contributed by atoms with Gasteiger partial charge in [-0.1, -0.05) is 142 Å². The second kappa shape index (κ2) is 40.0. The maximum absolute atomic E-state index is 12.2. The molecule has 0 spiro atoms. The van der Waals surface area contributed by atoms with E-state index in [9.17, 15) is 14.7 Å². The second-order valence-corrected chi connectivity index (χ2v) is 12.3. The lowest BCUT2D eigenvalue weighted by molar-refractivity contribution is -0.161. The monoisotopic (exact) mass is 691 g/mol. The zero-order valence-corrected chi connectivity index (χ0v) is 31.6. The maximum atomic E-state index is 12.2. The summed E-state index contributed by atoms with van der Waals surface area (Å²) in [5.41, 5.74) is 0. The van der Waals surface area contributed by atoms with Crippen LogP contribution in [0.25, 0.3) is 0 Å². The summed E-state index contributed by atoms with van der Waals surface area (Å²) >= 11 is 0. The molecule has 5 nitrogen and oxygen atoms in total. The Morgan fingerprint density at radius 2 is 0.880 bits per heavy atom. The molecular formula is C45H70O5. The largest absolute Gasteiger partial charge is 0.462 e. The molecule has 0 radical (unpaired) electrons. The van der Waals surface area contributed by atoms with Crippen molar-refractivity contribution in [3.05, 3.63) is 109 Å². The number of hydrogen-bond donors (Lipinski definition) is 1. The Hall–Kier alpha value is -3.44. The third kappa shape index (κ3) is 37.4. The molecule has 0 fully saturated rings. The summed E-state index contributed by atoms with van der Waals surface area (Å²) in [7, 11) is 0. The molecule has 0 aliphatic rings. The predicted molar refractivity (Wildman–Crippen MR) is 214 cm³/mol. The molecule has 0 rings (SSSR count). The van der Waals surface area contributed by atoms with Crippen molar-refractivity contribution in [3.8, 4) is 0 Å². The Kier molecular flexibility index (Phi) is 37.2. The number of aliphatic hydroxyl groups excluding tert-OH is 1. The third-order valence-corrected chi connectivity index (χ3v) is 7.55. The van der Waals surface area contributed by atoms with Gasteiger partial charge in [0.25, 0.3) is 0 Å². The molecule has 0 unspecified atom stereocenters. The molecule has 0 saturated heterocycles. The van der Waals surface area contributed by atoms with Crippen LogP contribution in [-0.2, 0) is 19.1 Å². The Balaban J connectivity index is 3.78. The summed E-state index contributed by atoms with van der Waals surface area (Å²) in [5.74, 6) is -0.707. The van der Waals surface area contributed by atoms with Crippen molar-refractivity contribution in [2.75, 3.05) is 13.2 Å².